The molecule has 5 heteroatoms. The van der Waals surface area contributed by atoms with Gasteiger partial charge in [-0.3, -0.25) is 9.59 Å². The fraction of sp³-hybridized carbons (Fsp3) is 0.500. The SMILES string of the molecule is CC1CC(C(=O)O)C(C(=O)NCCc2ccc(F)cc2)C1. The Morgan fingerprint density at radius 2 is 1.86 bits per heavy atom. The number of hydrogen-bond donors (Lipinski definition) is 2. The maximum Gasteiger partial charge on any atom is 0.307 e. The van der Waals surface area contributed by atoms with E-state index in [4.69, 9.17) is 5.11 Å². The molecule has 2 rings (SSSR count). The Kier molecular flexibility index (Phi) is 4.94. The Morgan fingerprint density at radius 3 is 2.48 bits per heavy atom. The molecule has 1 aromatic carbocycles. The predicted molar refractivity (Wildman–Crippen MR) is 76.1 cm³/mol. The molecule has 21 heavy (non-hydrogen) atoms. The fourth-order valence-electron chi connectivity index (χ4n) is 2.97. The van der Waals surface area contributed by atoms with Crippen LogP contribution in [0.2, 0.25) is 0 Å². The predicted octanol–water partition coefficient (Wildman–Crippen LogP) is 2.23. The van der Waals surface area contributed by atoms with Crippen LogP contribution in [-0.4, -0.2) is 23.5 Å². The third-order valence-electron chi connectivity index (χ3n) is 4.08. The van der Waals surface area contributed by atoms with Gasteiger partial charge < -0.3 is 10.4 Å². The maximum atomic E-state index is 12.8. The molecule has 1 aromatic rings. The van der Waals surface area contributed by atoms with Crippen molar-refractivity contribution in [3.8, 4) is 0 Å². The molecule has 0 heterocycles. The first-order valence-corrected chi connectivity index (χ1v) is 7.22. The second kappa shape index (κ2) is 6.70. The molecular weight excluding hydrogens is 273 g/mol. The number of amides is 1. The largest absolute Gasteiger partial charge is 0.481 e. The molecule has 0 aromatic heterocycles. The summed E-state index contributed by atoms with van der Waals surface area (Å²) in [5.74, 6) is -2.12. The summed E-state index contributed by atoms with van der Waals surface area (Å²) in [7, 11) is 0. The van der Waals surface area contributed by atoms with Crippen LogP contribution in [-0.2, 0) is 16.0 Å². The zero-order chi connectivity index (χ0) is 15.4. The molecule has 4 nitrogen and oxygen atoms in total. The van der Waals surface area contributed by atoms with Crippen LogP contribution in [0.25, 0.3) is 0 Å². The van der Waals surface area contributed by atoms with Gasteiger partial charge in [-0.05, 0) is 42.9 Å². The van der Waals surface area contributed by atoms with Crippen LogP contribution in [0, 0.1) is 23.6 Å². The Labute approximate surface area is 123 Å². The summed E-state index contributed by atoms with van der Waals surface area (Å²) in [6, 6.07) is 6.13. The molecule has 2 N–H and O–H groups in total. The average molecular weight is 293 g/mol. The van der Waals surface area contributed by atoms with E-state index in [1.54, 1.807) is 12.1 Å². The molecule has 0 saturated heterocycles. The zero-order valence-corrected chi connectivity index (χ0v) is 12.0. The summed E-state index contributed by atoms with van der Waals surface area (Å²) in [6.45, 7) is 2.41. The van der Waals surface area contributed by atoms with Gasteiger partial charge in [0.2, 0.25) is 5.91 Å². The lowest BCUT2D eigenvalue weighted by Crippen LogP contribution is -2.36. The third kappa shape index (κ3) is 4.03. The third-order valence-corrected chi connectivity index (χ3v) is 4.08. The van der Waals surface area contributed by atoms with E-state index in [0.717, 1.165) is 5.56 Å². The van der Waals surface area contributed by atoms with Crippen LogP contribution >= 0.6 is 0 Å². The van der Waals surface area contributed by atoms with E-state index >= 15 is 0 Å². The van der Waals surface area contributed by atoms with Crippen molar-refractivity contribution in [3.05, 3.63) is 35.6 Å². The molecule has 1 aliphatic rings. The van der Waals surface area contributed by atoms with Gasteiger partial charge in [-0.1, -0.05) is 19.1 Å². The van der Waals surface area contributed by atoms with Gasteiger partial charge in [0.25, 0.3) is 0 Å². The van der Waals surface area contributed by atoms with E-state index in [9.17, 15) is 14.0 Å². The van der Waals surface area contributed by atoms with Crippen LogP contribution in [0.3, 0.4) is 0 Å². The Balaban J connectivity index is 1.84. The Hall–Kier alpha value is -1.91. The number of aliphatic carboxylic acids is 1. The molecule has 1 amide bonds. The van der Waals surface area contributed by atoms with Gasteiger partial charge in [-0.15, -0.1) is 0 Å². The lowest BCUT2D eigenvalue weighted by Gasteiger charge is -2.15. The fourth-order valence-corrected chi connectivity index (χ4v) is 2.97. The summed E-state index contributed by atoms with van der Waals surface area (Å²) in [6.07, 6.45) is 1.79. The second-order valence-corrected chi connectivity index (χ2v) is 5.80. The minimum absolute atomic E-state index is 0.186. The number of halogens is 1. The van der Waals surface area contributed by atoms with Crippen molar-refractivity contribution in [2.75, 3.05) is 6.54 Å². The molecule has 1 fully saturated rings. The molecule has 0 aliphatic heterocycles. The molecule has 0 spiro atoms. The second-order valence-electron chi connectivity index (χ2n) is 5.80. The van der Waals surface area contributed by atoms with Gasteiger partial charge in [0.15, 0.2) is 0 Å². The first-order valence-electron chi connectivity index (χ1n) is 7.22. The molecule has 114 valence electrons. The van der Waals surface area contributed by atoms with Crippen molar-refractivity contribution < 1.29 is 19.1 Å². The van der Waals surface area contributed by atoms with Crippen molar-refractivity contribution in [3.63, 3.8) is 0 Å². The first kappa shape index (κ1) is 15.5. The number of carbonyl (C=O) groups excluding carboxylic acids is 1. The monoisotopic (exact) mass is 293 g/mol. The van der Waals surface area contributed by atoms with Crippen molar-refractivity contribution >= 4 is 11.9 Å². The number of carboxylic acids is 1. The van der Waals surface area contributed by atoms with Crippen molar-refractivity contribution in [1.82, 2.24) is 5.32 Å². The van der Waals surface area contributed by atoms with E-state index in [1.807, 2.05) is 6.92 Å². The average Bonchev–Trinajstić information content (AvgIpc) is 2.83. The molecule has 3 unspecified atom stereocenters. The lowest BCUT2D eigenvalue weighted by molar-refractivity contribution is -0.146. The topological polar surface area (TPSA) is 66.4 Å². The molecule has 1 saturated carbocycles. The van der Waals surface area contributed by atoms with Crippen molar-refractivity contribution in [2.24, 2.45) is 17.8 Å². The Morgan fingerprint density at radius 1 is 1.24 bits per heavy atom. The van der Waals surface area contributed by atoms with Crippen LogP contribution < -0.4 is 5.32 Å². The van der Waals surface area contributed by atoms with E-state index in [-0.39, 0.29) is 17.6 Å². The summed E-state index contributed by atoms with van der Waals surface area (Å²) >= 11 is 0. The standard InChI is InChI=1S/C16H20FNO3/c1-10-8-13(14(9-10)16(20)21)15(19)18-7-6-11-2-4-12(17)5-3-11/h2-5,10,13-14H,6-9H2,1H3,(H,18,19)(H,20,21). The van der Waals surface area contributed by atoms with Gasteiger partial charge in [-0.2, -0.15) is 0 Å². The van der Waals surface area contributed by atoms with E-state index in [0.29, 0.717) is 25.8 Å². The summed E-state index contributed by atoms with van der Waals surface area (Å²) in [4.78, 5) is 23.3. The number of carbonyl (C=O) groups is 2. The zero-order valence-electron chi connectivity index (χ0n) is 12.0. The quantitative estimate of drug-likeness (QED) is 0.875. The van der Waals surface area contributed by atoms with Gasteiger partial charge in [0.1, 0.15) is 5.82 Å². The van der Waals surface area contributed by atoms with Crippen LogP contribution in [0.5, 0.6) is 0 Å². The first-order chi connectivity index (χ1) is 9.97. The summed E-state index contributed by atoms with van der Waals surface area (Å²) < 4.78 is 12.8. The van der Waals surface area contributed by atoms with Crippen LogP contribution in [0.15, 0.2) is 24.3 Å². The van der Waals surface area contributed by atoms with Crippen LogP contribution in [0.4, 0.5) is 4.39 Å². The molecule has 3 atom stereocenters. The highest BCUT2D eigenvalue weighted by atomic mass is 19.1. The summed E-state index contributed by atoms with van der Waals surface area (Å²) in [5.41, 5.74) is 0.936. The number of carboxylic acid groups (broad SMARTS) is 1. The maximum absolute atomic E-state index is 12.8. The molecule has 0 radical (unpaired) electrons. The highest BCUT2D eigenvalue weighted by molar-refractivity contribution is 5.85. The summed E-state index contributed by atoms with van der Waals surface area (Å²) in [5, 5.41) is 12.0. The number of benzene rings is 1. The highest BCUT2D eigenvalue weighted by Crippen LogP contribution is 2.36. The van der Waals surface area contributed by atoms with Crippen LogP contribution in [0.1, 0.15) is 25.3 Å². The number of rotatable bonds is 5. The van der Waals surface area contributed by atoms with Crippen molar-refractivity contribution in [1.29, 1.82) is 0 Å². The van der Waals surface area contributed by atoms with Gasteiger partial charge in [0, 0.05) is 6.54 Å². The highest BCUT2D eigenvalue weighted by Gasteiger charge is 2.40. The van der Waals surface area contributed by atoms with E-state index < -0.39 is 17.8 Å². The minimum Gasteiger partial charge on any atom is -0.481 e. The normalized spacial score (nSPS) is 24.8. The van der Waals surface area contributed by atoms with E-state index in [1.165, 1.54) is 12.1 Å². The molecule has 1 aliphatic carbocycles. The minimum atomic E-state index is -0.891. The molecule has 0 bridgehead atoms. The molecular formula is C16H20FNO3. The van der Waals surface area contributed by atoms with E-state index in [2.05, 4.69) is 5.32 Å². The van der Waals surface area contributed by atoms with Gasteiger partial charge in [0.05, 0.1) is 11.8 Å². The van der Waals surface area contributed by atoms with Gasteiger partial charge >= 0.3 is 5.97 Å². The Bertz CT molecular complexity index is 515. The smallest absolute Gasteiger partial charge is 0.307 e. The number of hydrogen-bond acceptors (Lipinski definition) is 2. The van der Waals surface area contributed by atoms with Gasteiger partial charge in [-0.25, -0.2) is 4.39 Å². The number of nitrogens with one attached hydrogen (secondary N) is 1. The van der Waals surface area contributed by atoms with Crippen molar-refractivity contribution in [2.45, 2.75) is 26.2 Å². The lowest BCUT2D eigenvalue weighted by atomic mass is 9.95.